The summed E-state index contributed by atoms with van der Waals surface area (Å²) in [5.41, 5.74) is 7.83. The number of rotatable bonds is 3. The van der Waals surface area contributed by atoms with E-state index in [9.17, 15) is 0 Å². The van der Waals surface area contributed by atoms with Gasteiger partial charge in [0.2, 0.25) is 0 Å². The van der Waals surface area contributed by atoms with Gasteiger partial charge in [-0.15, -0.1) is 0 Å². The Bertz CT molecular complexity index is 431. The minimum absolute atomic E-state index is 0.113. The van der Waals surface area contributed by atoms with Gasteiger partial charge < -0.3 is 11.1 Å². The first-order valence-corrected chi connectivity index (χ1v) is 6.10. The summed E-state index contributed by atoms with van der Waals surface area (Å²) < 4.78 is 0. The van der Waals surface area contributed by atoms with Gasteiger partial charge in [-0.25, -0.2) is 0 Å². The average molecular weight is 228 g/mol. The van der Waals surface area contributed by atoms with Gasteiger partial charge in [-0.2, -0.15) is 0 Å². The van der Waals surface area contributed by atoms with Crippen LogP contribution in [0.4, 0.5) is 0 Å². The molecule has 2 heteroatoms. The highest BCUT2D eigenvalue weighted by Crippen LogP contribution is 2.31. The average Bonchev–Trinajstić information content (AvgIpc) is 2.33. The number of hydrogen-bond acceptors (Lipinski definition) is 2. The molecule has 1 atom stereocenters. The minimum atomic E-state index is -0.113. The summed E-state index contributed by atoms with van der Waals surface area (Å²) in [7, 11) is 0. The van der Waals surface area contributed by atoms with E-state index < -0.39 is 0 Å². The van der Waals surface area contributed by atoms with E-state index in [2.05, 4.69) is 55.6 Å². The molecule has 0 amide bonds. The van der Waals surface area contributed by atoms with E-state index in [1.165, 1.54) is 5.56 Å². The largest absolute Gasteiger partial charge is 0.399 e. The zero-order valence-corrected chi connectivity index (χ0v) is 10.5. The van der Waals surface area contributed by atoms with Crippen LogP contribution in [0, 0.1) is 0 Å². The van der Waals surface area contributed by atoms with Crippen LogP contribution in [0.3, 0.4) is 0 Å². The quantitative estimate of drug-likeness (QED) is 0.834. The van der Waals surface area contributed by atoms with Crippen LogP contribution >= 0.6 is 0 Å². The van der Waals surface area contributed by atoms with Crippen molar-refractivity contribution < 1.29 is 0 Å². The van der Waals surface area contributed by atoms with E-state index in [0.717, 1.165) is 12.1 Å². The second-order valence-electron chi connectivity index (χ2n) is 4.88. The van der Waals surface area contributed by atoms with Gasteiger partial charge in [-0.05, 0) is 31.9 Å². The van der Waals surface area contributed by atoms with Crippen molar-refractivity contribution in [2.45, 2.75) is 31.8 Å². The highest BCUT2D eigenvalue weighted by Gasteiger charge is 2.30. The van der Waals surface area contributed by atoms with Gasteiger partial charge >= 0.3 is 0 Å². The van der Waals surface area contributed by atoms with Gasteiger partial charge in [-0.1, -0.05) is 42.5 Å². The zero-order chi connectivity index (χ0) is 12.3. The molecular weight excluding hydrogens is 208 g/mol. The van der Waals surface area contributed by atoms with Crippen LogP contribution in [-0.4, -0.2) is 6.04 Å². The molecule has 0 aromatic heterocycles. The van der Waals surface area contributed by atoms with E-state index in [1.807, 2.05) is 12.1 Å². The summed E-state index contributed by atoms with van der Waals surface area (Å²) in [6.45, 7) is 4.33. The van der Waals surface area contributed by atoms with E-state index >= 15 is 0 Å². The summed E-state index contributed by atoms with van der Waals surface area (Å²) >= 11 is 0. The Hall–Kier alpha value is -1.54. The Morgan fingerprint density at radius 2 is 1.94 bits per heavy atom. The number of nitrogens with two attached hydrogens (primary N) is 1. The lowest BCUT2D eigenvalue weighted by Crippen LogP contribution is -2.45. The maximum atomic E-state index is 5.81. The van der Waals surface area contributed by atoms with Gasteiger partial charge in [-0.3, -0.25) is 0 Å². The molecule has 90 valence electrons. The Morgan fingerprint density at radius 1 is 1.24 bits per heavy atom. The standard InChI is InChI=1S/C15H20N2/c1-12(2)17-15(10-8-14(16)9-11-15)13-6-4-3-5-7-13/h3-10,12,17H,11,16H2,1-2H3. The van der Waals surface area contributed by atoms with Crippen LogP contribution in [0.15, 0.2) is 54.3 Å². The molecule has 0 bridgehead atoms. The van der Waals surface area contributed by atoms with Crippen molar-refractivity contribution in [1.29, 1.82) is 0 Å². The minimum Gasteiger partial charge on any atom is -0.399 e. The lowest BCUT2D eigenvalue weighted by molar-refractivity contribution is 0.376. The summed E-state index contributed by atoms with van der Waals surface area (Å²) in [4.78, 5) is 0. The summed E-state index contributed by atoms with van der Waals surface area (Å²) in [6.07, 6.45) is 7.16. The van der Waals surface area contributed by atoms with E-state index in [4.69, 9.17) is 5.73 Å². The molecule has 0 saturated heterocycles. The molecule has 1 aliphatic rings. The van der Waals surface area contributed by atoms with Crippen molar-refractivity contribution >= 4 is 0 Å². The molecule has 17 heavy (non-hydrogen) atoms. The first kappa shape index (κ1) is 11.9. The van der Waals surface area contributed by atoms with Crippen LogP contribution < -0.4 is 11.1 Å². The molecule has 0 aliphatic heterocycles. The molecule has 0 saturated carbocycles. The Labute approximate surface area is 103 Å². The van der Waals surface area contributed by atoms with Crippen LogP contribution in [0.25, 0.3) is 0 Å². The molecule has 0 radical (unpaired) electrons. The number of benzene rings is 1. The molecule has 1 aromatic rings. The molecule has 0 spiro atoms. The second kappa shape index (κ2) is 4.76. The van der Waals surface area contributed by atoms with Gasteiger partial charge in [0.05, 0.1) is 5.54 Å². The highest BCUT2D eigenvalue weighted by molar-refractivity contribution is 5.37. The van der Waals surface area contributed by atoms with Crippen molar-refractivity contribution in [3.63, 3.8) is 0 Å². The van der Waals surface area contributed by atoms with Crippen molar-refractivity contribution in [2.75, 3.05) is 0 Å². The fraction of sp³-hybridized carbons (Fsp3) is 0.333. The third-order valence-corrected chi connectivity index (χ3v) is 3.06. The van der Waals surface area contributed by atoms with Crippen LogP contribution in [0.2, 0.25) is 0 Å². The summed E-state index contributed by atoms with van der Waals surface area (Å²) in [5, 5.41) is 3.65. The molecule has 2 nitrogen and oxygen atoms in total. The molecular formula is C15H20N2. The smallest absolute Gasteiger partial charge is 0.0661 e. The third kappa shape index (κ3) is 2.59. The lowest BCUT2D eigenvalue weighted by Gasteiger charge is -2.35. The topological polar surface area (TPSA) is 38.0 Å². The number of nitrogens with one attached hydrogen (secondary N) is 1. The van der Waals surface area contributed by atoms with Crippen molar-refractivity contribution in [3.8, 4) is 0 Å². The monoisotopic (exact) mass is 228 g/mol. The second-order valence-corrected chi connectivity index (χ2v) is 4.88. The normalized spacial score (nSPS) is 23.8. The van der Waals surface area contributed by atoms with Crippen LogP contribution in [-0.2, 0) is 5.54 Å². The third-order valence-electron chi connectivity index (χ3n) is 3.06. The van der Waals surface area contributed by atoms with Gasteiger partial charge in [0.25, 0.3) is 0 Å². The first-order chi connectivity index (χ1) is 8.12. The van der Waals surface area contributed by atoms with E-state index in [1.54, 1.807) is 0 Å². The fourth-order valence-corrected chi connectivity index (χ4v) is 2.31. The number of allylic oxidation sites excluding steroid dienone is 1. The summed E-state index contributed by atoms with van der Waals surface area (Å²) in [6, 6.07) is 10.9. The lowest BCUT2D eigenvalue weighted by atomic mass is 9.82. The van der Waals surface area contributed by atoms with Crippen LogP contribution in [0.5, 0.6) is 0 Å². The van der Waals surface area contributed by atoms with Crippen molar-refractivity contribution in [1.82, 2.24) is 5.32 Å². The molecule has 2 rings (SSSR count). The van der Waals surface area contributed by atoms with Gasteiger partial charge in [0.15, 0.2) is 0 Å². The molecule has 0 heterocycles. The zero-order valence-electron chi connectivity index (χ0n) is 10.5. The van der Waals surface area contributed by atoms with E-state index in [-0.39, 0.29) is 5.54 Å². The fourth-order valence-electron chi connectivity index (χ4n) is 2.31. The van der Waals surface area contributed by atoms with Crippen LogP contribution in [0.1, 0.15) is 25.8 Å². The van der Waals surface area contributed by atoms with Gasteiger partial charge in [0, 0.05) is 11.7 Å². The van der Waals surface area contributed by atoms with Crippen molar-refractivity contribution in [2.24, 2.45) is 5.73 Å². The Kier molecular flexibility index (Phi) is 3.34. The van der Waals surface area contributed by atoms with Crippen molar-refractivity contribution in [3.05, 3.63) is 59.8 Å². The molecule has 3 N–H and O–H groups in total. The van der Waals surface area contributed by atoms with Gasteiger partial charge in [0.1, 0.15) is 0 Å². The Morgan fingerprint density at radius 3 is 2.47 bits per heavy atom. The molecule has 1 unspecified atom stereocenters. The number of hydrogen-bond donors (Lipinski definition) is 2. The predicted octanol–water partition coefficient (Wildman–Crippen LogP) is 2.68. The maximum absolute atomic E-state index is 5.81. The molecule has 1 aliphatic carbocycles. The molecule has 1 aromatic carbocycles. The first-order valence-electron chi connectivity index (χ1n) is 6.10. The van der Waals surface area contributed by atoms with E-state index in [0.29, 0.717) is 6.04 Å². The molecule has 0 fully saturated rings. The maximum Gasteiger partial charge on any atom is 0.0661 e. The summed E-state index contributed by atoms with van der Waals surface area (Å²) in [5.74, 6) is 0. The highest BCUT2D eigenvalue weighted by atomic mass is 15.0. The predicted molar refractivity (Wildman–Crippen MR) is 72.4 cm³/mol. The SMILES string of the molecule is CC(C)NC1(c2ccccc2)C=CC(N)=CC1. The Balaban J connectivity index is 2.36.